The van der Waals surface area contributed by atoms with Crippen LogP contribution in [0.4, 0.5) is 17.1 Å². The molecule has 0 fully saturated rings. The Morgan fingerprint density at radius 2 is 0.873 bits per heavy atom. The lowest BCUT2D eigenvalue weighted by molar-refractivity contribution is 0.621. The number of aromatic nitrogens is 1. The fraction of sp³-hybridized carbons (Fsp3) is 0. The van der Waals surface area contributed by atoms with E-state index in [0.717, 1.165) is 55.7 Å². The van der Waals surface area contributed by atoms with E-state index < -0.39 is 0 Å². The van der Waals surface area contributed by atoms with Gasteiger partial charge in [-0.05, 0) is 93.2 Å². The highest BCUT2D eigenvalue weighted by molar-refractivity contribution is 6.69. The first-order chi connectivity index (χ1) is 30.7. The molecule has 12 radical (unpaired) electrons. The van der Waals surface area contributed by atoms with E-state index in [4.69, 9.17) is 60.9 Å². The third-order valence-corrected chi connectivity index (χ3v) is 12.0. The minimum Gasteiger partial charge on any atom is -0.456 e. The number of hydrogen-bond acceptors (Lipinski definition) is 4. The van der Waals surface area contributed by atoms with Crippen LogP contribution in [-0.4, -0.2) is 52.1 Å². The summed E-state index contributed by atoms with van der Waals surface area (Å²) in [4.78, 5) is 7.02. The van der Waals surface area contributed by atoms with Crippen LogP contribution in [0.15, 0.2) is 179 Å². The average molecular weight is 790 g/mol. The van der Waals surface area contributed by atoms with E-state index in [2.05, 4.69) is 89.8 Å². The van der Waals surface area contributed by atoms with Crippen molar-refractivity contribution < 1.29 is 8.83 Å². The molecule has 2 heterocycles. The number of benzene rings is 9. The Kier molecular flexibility index (Phi) is 9.35. The van der Waals surface area contributed by atoms with Crippen molar-refractivity contribution in [3.8, 4) is 44.8 Å². The number of rotatable bonds is 7. The van der Waals surface area contributed by atoms with Crippen LogP contribution in [0.2, 0.25) is 0 Å². The van der Waals surface area contributed by atoms with Gasteiger partial charge in [-0.1, -0.05) is 137 Å². The van der Waals surface area contributed by atoms with E-state index in [1.165, 1.54) is 0 Å². The largest absolute Gasteiger partial charge is 0.456 e. The van der Waals surface area contributed by atoms with Crippen LogP contribution in [0.3, 0.4) is 0 Å². The van der Waals surface area contributed by atoms with Gasteiger partial charge in [0.1, 0.15) is 63.8 Å². The summed E-state index contributed by atoms with van der Waals surface area (Å²) in [6.07, 6.45) is 0. The number of para-hydroxylation sites is 3. The molecule has 0 saturated heterocycles. The molecule has 2 aromatic heterocycles. The maximum atomic E-state index is 7.34. The number of oxazole rings is 1. The summed E-state index contributed by atoms with van der Waals surface area (Å²) in [5.74, 6) is 0.207. The minimum atomic E-state index is 0.110. The highest BCUT2D eigenvalue weighted by Crippen LogP contribution is 2.46. The van der Waals surface area contributed by atoms with Crippen LogP contribution in [0.1, 0.15) is 0 Å². The number of hydrogen-bond donors (Lipinski definition) is 0. The smallest absolute Gasteiger partial charge is 0.227 e. The molecule has 9 aromatic carbocycles. The van der Waals surface area contributed by atoms with Gasteiger partial charge in [-0.15, -0.1) is 10.9 Å². The Balaban J connectivity index is 1.24. The monoisotopic (exact) mass is 790 g/mol. The highest BCUT2D eigenvalue weighted by atomic mass is 16.3. The molecule has 0 unspecified atom stereocenters. The zero-order valence-electron chi connectivity index (χ0n) is 33.8. The van der Waals surface area contributed by atoms with E-state index in [9.17, 15) is 0 Å². The molecular formula is C53H28B6N2O2. The Morgan fingerprint density at radius 3 is 1.46 bits per heavy atom. The van der Waals surface area contributed by atoms with Gasteiger partial charge in [0, 0.05) is 33.3 Å². The lowest BCUT2D eigenvalue weighted by atomic mass is 9.60. The molecule has 4 nitrogen and oxygen atoms in total. The van der Waals surface area contributed by atoms with Gasteiger partial charge < -0.3 is 13.7 Å². The highest BCUT2D eigenvalue weighted by Gasteiger charge is 2.28. The maximum Gasteiger partial charge on any atom is 0.227 e. The molecule has 63 heavy (non-hydrogen) atoms. The predicted octanol–water partition coefficient (Wildman–Crippen LogP) is 7.78. The molecule has 10 heteroatoms. The first kappa shape index (κ1) is 38.6. The fourth-order valence-electron chi connectivity index (χ4n) is 8.81. The zero-order chi connectivity index (χ0) is 42.9. The fourth-order valence-corrected chi connectivity index (χ4v) is 8.81. The minimum absolute atomic E-state index is 0.110. The van der Waals surface area contributed by atoms with Crippen LogP contribution in [0.25, 0.3) is 88.6 Å². The van der Waals surface area contributed by atoms with Crippen LogP contribution >= 0.6 is 0 Å². The molecule has 0 amide bonds. The Morgan fingerprint density at radius 1 is 0.381 bits per heavy atom. The van der Waals surface area contributed by atoms with Gasteiger partial charge in [-0.3, -0.25) is 0 Å². The van der Waals surface area contributed by atoms with E-state index >= 15 is 0 Å². The maximum absolute atomic E-state index is 7.34. The summed E-state index contributed by atoms with van der Waals surface area (Å²) in [5, 5.41) is 2.70. The van der Waals surface area contributed by atoms with Crippen molar-refractivity contribution in [1.82, 2.24) is 4.98 Å². The molecule has 11 aromatic rings. The van der Waals surface area contributed by atoms with Gasteiger partial charge in [0.05, 0.1) is 5.69 Å². The Labute approximate surface area is 372 Å². The molecule has 0 spiro atoms. The van der Waals surface area contributed by atoms with Gasteiger partial charge in [0.15, 0.2) is 5.58 Å². The van der Waals surface area contributed by atoms with Crippen molar-refractivity contribution in [3.05, 3.63) is 170 Å². The first-order valence-electron chi connectivity index (χ1n) is 20.4. The number of nitrogens with zero attached hydrogens (tertiary/aromatic N) is 2. The molecule has 0 aliphatic rings. The van der Waals surface area contributed by atoms with Crippen molar-refractivity contribution >= 4 is 141 Å². The van der Waals surface area contributed by atoms with Gasteiger partial charge in [0.2, 0.25) is 5.89 Å². The van der Waals surface area contributed by atoms with Crippen LogP contribution in [0.5, 0.6) is 0 Å². The van der Waals surface area contributed by atoms with E-state index in [0.29, 0.717) is 44.1 Å². The third kappa shape index (κ3) is 6.35. The van der Waals surface area contributed by atoms with Crippen molar-refractivity contribution in [2.45, 2.75) is 0 Å². The topological polar surface area (TPSA) is 42.4 Å². The van der Waals surface area contributed by atoms with Crippen molar-refractivity contribution in [3.63, 3.8) is 0 Å². The molecule has 0 aliphatic heterocycles. The standard InChI is InChI=1S/C53H28B6N2O2/c54-47-43(44-45(49(56)52(59)51(58)48(44)55)46(50(47)57)53-60-38-16-8-10-18-41(38)63-53)37-28-42-36(35-15-7-9-17-40(35)62-42)27-39(37)61(33-23-19-31(20-24-33)29-11-3-1-4-12-29)34-25-21-32(22-26-34)30-13-5-2-6-14-30/h1-28H. The van der Waals surface area contributed by atoms with E-state index in [1.54, 1.807) is 0 Å². The van der Waals surface area contributed by atoms with Crippen molar-refractivity contribution in [2.75, 3.05) is 4.90 Å². The third-order valence-electron chi connectivity index (χ3n) is 12.0. The molecule has 11 rings (SSSR count). The first-order valence-corrected chi connectivity index (χ1v) is 20.4. The van der Waals surface area contributed by atoms with Crippen LogP contribution < -0.4 is 37.7 Å². The second kappa shape index (κ2) is 15.3. The lowest BCUT2D eigenvalue weighted by Crippen LogP contribution is -2.49. The average Bonchev–Trinajstić information content (AvgIpc) is 3.93. The summed E-state index contributed by atoms with van der Waals surface area (Å²) >= 11 is 0. The van der Waals surface area contributed by atoms with Crippen LogP contribution in [0, 0.1) is 0 Å². The normalized spacial score (nSPS) is 11.6. The molecule has 0 saturated carbocycles. The summed E-state index contributed by atoms with van der Waals surface area (Å²) < 4.78 is 12.9. The molecule has 0 bridgehead atoms. The van der Waals surface area contributed by atoms with E-state index in [-0.39, 0.29) is 38.7 Å². The molecule has 0 N–H and O–H groups in total. The van der Waals surface area contributed by atoms with Crippen molar-refractivity contribution in [2.24, 2.45) is 0 Å². The van der Waals surface area contributed by atoms with Crippen LogP contribution in [-0.2, 0) is 0 Å². The molecular weight excluding hydrogens is 761 g/mol. The zero-order valence-corrected chi connectivity index (χ0v) is 33.8. The quantitative estimate of drug-likeness (QED) is 0.155. The van der Waals surface area contributed by atoms with Gasteiger partial charge in [0.25, 0.3) is 0 Å². The molecule has 0 atom stereocenters. The summed E-state index contributed by atoms with van der Waals surface area (Å²) in [6, 6.07) is 57.0. The number of anilines is 3. The number of fused-ring (bicyclic) bond motifs is 5. The van der Waals surface area contributed by atoms with E-state index in [1.807, 2.05) is 84.9 Å². The summed E-state index contributed by atoms with van der Waals surface area (Å²) in [7, 11) is 41.9. The van der Waals surface area contributed by atoms with Gasteiger partial charge in [-0.25, -0.2) is 4.98 Å². The molecule has 0 aliphatic carbocycles. The van der Waals surface area contributed by atoms with Gasteiger partial charge in [-0.2, -0.15) is 0 Å². The Hall–Kier alpha value is -7.30. The SMILES string of the molecule is [B]c1c([B])c([B])c2c(-c3cc4oc5ccccc5c4cc3N(c3ccc(-c4ccccc4)cc3)c3ccc(-c4ccccc4)cc3)c([B])c([B])c(-c3nc4ccccc4o3)c2c1[B]. The second-order valence-corrected chi connectivity index (χ2v) is 15.6. The Bertz CT molecular complexity index is 3450. The van der Waals surface area contributed by atoms with Crippen molar-refractivity contribution in [1.29, 1.82) is 0 Å². The lowest BCUT2D eigenvalue weighted by Gasteiger charge is -2.31. The second-order valence-electron chi connectivity index (χ2n) is 15.6. The summed E-state index contributed by atoms with van der Waals surface area (Å²) in [6.45, 7) is 0. The predicted molar refractivity (Wildman–Crippen MR) is 268 cm³/mol. The van der Waals surface area contributed by atoms with Gasteiger partial charge >= 0.3 is 0 Å². The molecule has 280 valence electrons. The number of furan rings is 1. The summed E-state index contributed by atoms with van der Waals surface area (Å²) in [5.41, 5.74) is 11.9.